The van der Waals surface area contributed by atoms with Crippen molar-refractivity contribution >= 4 is 16.9 Å². The van der Waals surface area contributed by atoms with Gasteiger partial charge in [-0.25, -0.2) is 0 Å². The Hall–Kier alpha value is -3.86. The predicted molar refractivity (Wildman–Crippen MR) is 137 cm³/mol. The molecular formula is C30H29NO4. The maximum atomic E-state index is 13.8. The number of hydrogen-bond donors (Lipinski definition) is 0. The molecule has 0 N–H and O–H groups in total. The quantitative estimate of drug-likeness (QED) is 0.318. The summed E-state index contributed by atoms with van der Waals surface area (Å²) in [4.78, 5) is 29.1. The Morgan fingerprint density at radius 3 is 2.54 bits per heavy atom. The molecule has 1 atom stereocenters. The summed E-state index contributed by atoms with van der Waals surface area (Å²) in [7, 11) is 0. The summed E-state index contributed by atoms with van der Waals surface area (Å²) >= 11 is 0. The summed E-state index contributed by atoms with van der Waals surface area (Å²) in [5.74, 6) is 0.621. The van der Waals surface area contributed by atoms with Gasteiger partial charge in [-0.1, -0.05) is 61.9 Å². The van der Waals surface area contributed by atoms with E-state index in [4.69, 9.17) is 9.15 Å². The van der Waals surface area contributed by atoms with E-state index in [1.165, 1.54) is 0 Å². The van der Waals surface area contributed by atoms with E-state index >= 15 is 0 Å². The molecule has 0 saturated heterocycles. The second-order valence-corrected chi connectivity index (χ2v) is 9.23. The Labute approximate surface area is 205 Å². The van der Waals surface area contributed by atoms with Crippen LogP contribution in [0.5, 0.6) is 5.75 Å². The van der Waals surface area contributed by atoms with Crippen molar-refractivity contribution in [3.05, 3.63) is 111 Å². The first kappa shape index (κ1) is 22.9. The molecule has 1 amide bonds. The summed E-state index contributed by atoms with van der Waals surface area (Å²) in [5.41, 5.74) is 4.52. The maximum absolute atomic E-state index is 13.8. The zero-order valence-electron chi connectivity index (χ0n) is 20.3. The van der Waals surface area contributed by atoms with E-state index in [2.05, 4.69) is 6.92 Å². The number of benzene rings is 3. The normalized spacial score (nSPS) is 15.0. The van der Waals surface area contributed by atoms with Crippen LogP contribution >= 0.6 is 0 Å². The van der Waals surface area contributed by atoms with Crippen molar-refractivity contribution < 1.29 is 13.9 Å². The molecule has 0 radical (unpaired) electrons. The average molecular weight is 468 g/mol. The number of amides is 1. The van der Waals surface area contributed by atoms with Gasteiger partial charge in [0.2, 0.25) is 5.76 Å². The summed E-state index contributed by atoms with van der Waals surface area (Å²) in [6.45, 7) is 6.95. The second kappa shape index (κ2) is 9.41. The summed E-state index contributed by atoms with van der Waals surface area (Å²) in [6.07, 6.45) is 1.78. The maximum Gasteiger partial charge on any atom is 0.290 e. The minimum absolute atomic E-state index is 0.133. The Bertz CT molecular complexity index is 1450. The topological polar surface area (TPSA) is 59.8 Å². The Balaban J connectivity index is 1.60. The average Bonchev–Trinajstić information content (AvgIpc) is 3.13. The molecule has 0 bridgehead atoms. The molecule has 5 nitrogen and oxygen atoms in total. The molecule has 1 aliphatic heterocycles. The van der Waals surface area contributed by atoms with E-state index in [1.54, 1.807) is 4.90 Å². The molecule has 178 valence electrons. The van der Waals surface area contributed by atoms with Crippen molar-refractivity contribution in [3.63, 3.8) is 0 Å². The molecule has 1 aliphatic rings. The van der Waals surface area contributed by atoms with Crippen molar-refractivity contribution in [1.82, 2.24) is 4.90 Å². The molecule has 0 aliphatic carbocycles. The van der Waals surface area contributed by atoms with Crippen molar-refractivity contribution in [2.45, 2.75) is 46.3 Å². The van der Waals surface area contributed by atoms with Gasteiger partial charge in [0.25, 0.3) is 5.91 Å². The molecule has 3 aromatic carbocycles. The molecule has 1 aromatic heterocycles. The molecule has 0 spiro atoms. The van der Waals surface area contributed by atoms with E-state index in [0.717, 1.165) is 35.1 Å². The molecule has 35 heavy (non-hydrogen) atoms. The fourth-order valence-electron chi connectivity index (χ4n) is 4.93. The number of aryl methyl sites for hydroxylation is 2. The van der Waals surface area contributed by atoms with Crippen LogP contribution < -0.4 is 10.2 Å². The van der Waals surface area contributed by atoms with Gasteiger partial charge in [-0.2, -0.15) is 0 Å². The highest BCUT2D eigenvalue weighted by Gasteiger charge is 2.42. The Morgan fingerprint density at radius 2 is 1.77 bits per heavy atom. The van der Waals surface area contributed by atoms with Gasteiger partial charge in [0.15, 0.2) is 5.43 Å². The lowest BCUT2D eigenvalue weighted by Gasteiger charge is -2.25. The van der Waals surface area contributed by atoms with Crippen molar-refractivity contribution in [2.24, 2.45) is 0 Å². The fraction of sp³-hybridized carbons (Fsp3) is 0.267. The lowest BCUT2D eigenvalue weighted by atomic mass is 9.96. The molecule has 5 heteroatoms. The number of nitrogens with zero attached hydrogens (tertiary/aromatic N) is 1. The van der Waals surface area contributed by atoms with Crippen LogP contribution in [0.25, 0.3) is 11.0 Å². The third kappa shape index (κ3) is 4.23. The minimum Gasteiger partial charge on any atom is -0.489 e. The summed E-state index contributed by atoms with van der Waals surface area (Å²) in [6, 6.07) is 21.0. The third-order valence-electron chi connectivity index (χ3n) is 6.59. The van der Waals surface area contributed by atoms with E-state index in [9.17, 15) is 9.59 Å². The van der Waals surface area contributed by atoms with E-state index in [1.807, 2.05) is 80.6 Å². The highest BCUT2D eigenvalue weighted by molar-refractivity contribution is 5.99. The van der Waals surface area contributed by atoms with Crippen molar-refractivity contribution in [1.29, 1.82) is 0 Å². The van der Waals surface area contributed by atoms with Gasteiger partial charge >= 0.3 is 0 Å². The van der Waals surface area contributed by atoms with Crippen LogP contribution in [0.4, 0.5) is 0 Å². The molecule has 0 saturated carbocycles. The Morgan fingerprint density at radius 1 is 0.971 bits per heavy atom. The standard InChI is InChI=1S/C30H29NO4/c1-4-5-14-31-27(22-12-9-13-23(17-22)34-18-21-10-7-6-8-11-21)26-28(32)25-20(3)15-19(2)16-24(25)35-29(26)30(31)33/h6-13,15-17,27H,4-5,14,18H2,1-3H3/t27-/m0/s1. The molecule has 4 aromatic rings. The number of unbranched alkanes of at least 4 members (excludes halogenated alkanes) is 1. The predicted octanol–water partition coefficient (Wildman–Crippen LogP) is 6.33. The molecule has 0 unspecified atom stereocenters. The monoisotopic (exact) mass is 467 g/mol. The van der Waals surface area contributed by atoms with Crippen molar-refractivity contribution in [2.75, 3.05) is 6.54 Å². The van der Waals surface area contributed by atoms with Gasteiger partial charge in [-0.15, -0.1) is 0 Å². The fourth-order valence-corrected chi connectivity index (χ4v) is 4.93. The van der Waals surface area contributed by atoms with Crippen molar-refractivity contribution in [3.8, 4) is 5.75 Å². The van der Waals surface area contributed by atoms with Crippen LogP contribution in [0.15, 0.2) is 75.9 Å². The smallest absolute Gasteiger partial charge is 0.290 e. The minimum atomic E-state index is -0.509. The lowest BCUT2D eigenvalue weighted by Crippen LogP contribution is -2.30. The van der Waals surface area contributed by atoms with E-state index < -0.39 is 6.04 Å². The number of hydrogen-bond acceptors (Lipinski definition) is 4. The summed E-state index contributed by atoms with van der Waals surface area (Å²) in [5, 5.41) is 0.543. The first-order chi connectivity index (χ1) is 17.0. The van der Waals surface area contributed by atoms with E-state index in [0.29, 0.717) is 35.4 Å². The first-order valence-corrected chi connectivity index (χ1v) is 12.1. The van der Waals surface area contributed by atoms with Crippen LogP contribution in [-0.4, -0.2) is 17.4 Å². The zero-order valence-corrected chi connectivity index (χ0v) is 20.3. The number of carbonyl (C=O) groups excluding carboxylic acids is 1. The molecule has 0 fully saturated rings. The highest BCUT2D eigenvalue weighted by atomic mass is 16.5. The number of fused-ring (bicyclic) bond motifs is 2. The molecule has 2 heterocycles. The van der Waals surface area contributed by atoms with Crippen LogP contribution in [-0.2, 0) is 6.61 Å². The third-order valence-corrected chi connectivity index (χ3v) is 6.59. The number of ether oxygens (including phenoxy) is 1. The van der Waals surface area contributed by atoms with Gasteiger partial charge in [0.1, 0.15) is 17.9 Å². The van der Waals surface area contributed by atoms with Gasteiger partial charge in [-0.05, 0) is 60.7 Å². The van der Waals surface area contributed by atoms with Crippen LogP contribution in [0.1, 0.15) is 64.2 Å². The SMILES string of the molecule is CCCCN1C(=O)c2oc3cc(C)cc(C)c3c(=O)c2[C@@H]1c1cccc(OCc2ccccc2)c1. The van der Waals surface area contributed by atoms with Crippen LogP contribution in [0, 0.1) is 13.8 Å². The lowest BCUT2D eigenvalue weighted by molar-refractivity contribution is 0.0725. The van der Waals surface area contributed by atoms with Gasteiger partial charge in [-0.3, -0.25) is 9.59 Å². The number of carbonyl (C=O) groups is 1. The zero-order chi connectivity index (χ0) is 24.5. The Kier molecular flexibility index (Phi) is 6.16. The number of rotatable bonds is 7. The first-order valence-electron chi connectivity index (χ1n) is 12.1. The molecular weight excluding hydrogens is 438 g/mol. The largest absolute Gasteiger partial charge is 0.489 e. The van der Waals surface area contributed by atoms with Crippen LogP contribution in [0.3, 0.4) is 0 Å². The highest BCUT2D eigenvalue weighted by Crippen LogP contribution is 2.39. The molecule has 5 rings (SSSR count). The van der Waals surface area contributed by atoms with E-state index in [-0.39, 0.29) is 17.1 Å². The van der Waals surface area contributed by atoms with Gasteiger partial charge in [0, 0.05) is 6.54 Å². The van der Waals surface area contributed by atoms with Gasteiger partial charge < -0.3 is 14.1 Å². The second-order valence-electron chi connectivity index (χ2n) is 9.23. The van der Waals surface area contributed by atoms with Gasteiger partial charge in [0.05, 0.1) is 17.0 Å². The van der Waals surface area contributed by atoms with Crippen LogP contribution in [0.2, 0.25) is 0 Å². The summed E-state index contributed by atoms with van der Waals surface area (Å²) < 4.78 is 12.2.